The van der Waals surface area contributed by atoms with E-state index in [0.29, 0.717) is 6.61 Å². The summed E-state index contributed by atoms with van der Waals surface area (Å²) >= 11 is 0. The number of rotatable bonds is 3. The van der Waals surface area contributed by atoms with Crippen LogP contribution in [-0.4, -0.2) is 25.2 Å². The first-order chi connectivity index (χ1) is 9.88. The molecular weight excluding hydrogens is 250 g/mol. The summed E-state index contributed by atoms with van der Waals surface area (Å²) in [5.74, 6) is 0.994. The maximum Gasteiger partial charge on any atom is 0.124 e. The highest BCUT2D eigenvalue weighted by molar-refractivity contribution is 5.53. The molecule has 2 aromatic rings. The fourth-order valence-corrected chi connectivity index (χ4v) is 2.57. The molecule has 0 aliphatic carbocycles. The van der Waals surface area contributed by atoms with Gasteiger partial charge in [0.25, 0.3) is 0 Å². The Labute approximate surface area is 119 Å². The van der Waals surface area contributed by atoms with Crippen molar-refractivity contribution in [2.75, 3.05) is 25.1 Å². The van der Waals surface area contributed by atoms with E-state index in [2.05, 4.69) is 33.4 Å². The molecule has 0 atom stereocenters. The van der Waals surface area contributed by atoms with Crippen LogP contribution in [0, 0.1) is 0 Å². The van der Waals surface area contributed by atoms with Crippen molar-refractivity contribution in [2.45, 2.75) is 13.1 Å². The molecule has 0 unspecified atom stereocenters. The van der Waals surface area contributed by atoms with Crippen LogP contribution >= 0.6 is 0 Å². The Hall–Kier alpha value is -2.07. The number of pyridine rings is 1. The zero-order valence-corrected chi connectivity index (χ0v) is 11.7. The zero-order chi connectivity index (χ0) is 13.8. The lowest BCUT2D eigenvalue weighted by Gasteiger charge is -2.24. The van der Waals surface area contributed by atoms with Crippen LogP contribution < -0.4 is 15.0 Å². The molecule has 1 aliphatic rings. The first kappa shape index (κ1) is 12.9. The molecule has 0 radical (unpaired) electrons. The minimum Gasteiger partial charge on any atom is -0.491 e. The average molecular weight is 269 g/mol. The van der Waals surface area contributed by atoms with Crippen LogP contribution in [-0.2, 0) is 13.1 Å². The first-order valence-electron chi connectivity index (χ1n) is 6.91. The van der Waals surface area contributed by atoms with Crippen LogP contribution in [0.25, 0.3) is 0 Å². The molecular formula is C16H19N3O. The van der Waals surface area contributed by atoms with Gasteiger partial charge in [0, 0.05) is 24.8 Å². The second kappa shape index (κ2) is 5.92. The van der Waals surface area contributed by atoms with E-state index in [1.165, 1.54) is 16.8 Å². The van der Waals surface area contributed by atoms with E-state index in [9.17, 15) is 0 Å². The number of anilines is 1. The maximum atomic E-state index is 5.82. The van der Waals surface area contributed by atoms with Crippen molar-refractivity contribution >= 4 is 5.69 Å². The molecule has 1 aliphatic heterocycles. The molecule has 0 fully saturated rings. The summed E-state index contributed by atoms with van der Waals surface area (Å²) in [7, 11) is 1.96. The van der Waals surface area contributed by atoms with Crippen molar-refractivity contribution in [3.05, 3.63) is 53.9 Å². The van der Waals surface area contributed by atoms with E-state index in [1.54, 1.807) is 0 Å². The first-order valence-corrected chi connectivity index (χ1v) is 6.91. The Morgan fingerprint density at radius 1 is 1.30 bits per heavy atom. The van der Waals surface area contributed by atoms with E-state index in [-0.39, 0.29) is 0 Å². The summed E-state index contributed by atoms with van der Waals surface area (Å²) in [5.41, 5.74) is 3.67. The molecule has 20 heavy (non-hydrogen) atoms. The van der Waals surface area contributed by atoms with E-state index in [1.807, 2.05) is 31.6 Å². The Kier molecular flexibility index (Phi) is 3.83. The molecule has 1 N–H and O–H groups in total. The number of aromatic nitrogens is 1. The van der Waals surface area contributed by atoms with E-state index in [4.69, 9.17) is 4.74 Å². The molecule has 0 bridgehead atoms. The third-order valence-corrected chi connectivity index (χ3v) is 3.55. The van der Waals surface area contributed by atoms with Gasteiger partial charge in [-0.1, -0.05) is 18.2 Å². The summed E-state index contributed by atoms with van der Waals surface area (Å²) < 4.78 is 5.82. The highest BCUT2D eigenvalue weighted by atomic mass is 16.5. The Bertz CT molecular complexity index is 585. The number of nitrogens with zero attached hydrogens (tertiary/aromatic N) is 2. The molecule has 4 heteroatoms. The molecule has 0 saturated carbocycles. The molecule has 0 spiro atoms. The van der Waals surface area contributed by atoms with Crippen molar-refractivity contribution in [3.63, 3.8) is 0 Å². The van der Waals surface area contributed by atoms with E-state index >= 15 is 0 Å². The van der Waals surface area contributed by atoms with Crippen molar-refractivity contribution in [2.24, 2.45) is 0 Å². The maximum absolute atomic E-state index is 5.82. The van der Waals surface area contributed by atoms with Gasteiger partial charge in [-0.2, -0.15) is 0 Å². The summed E-state index contributed by atoms with van der Waals surface area (Å²) in [6.07, 6.45) is 3.79. The van der Waals surface area contributed by atoms with Crippen molar-refractivity contribution < 1.29 is 4.74 Å². The Morgan fingerprint density at radius 2 is 2.20 bits per heavy atom. The van der Waals surface area contributed by atoms with Crippen LogP contribution in [0.4, 0.5) is 5.69 Å². The molecule has 0 amide bonds. The monoisotopic (exact) mass is 269 g/mol. The van der Waals surface area contributed by atoms with Gasteiger partial charge in [0.2, 0.25) is 0 Å². The lowest BCUT2D eigenvalue weighted by Crippen LogP contribution is -2.27. The number of hydrogen-bond acceptors (Lipinski definition) is 4. The number of ether oxygens (including phenoxy) is 1. The highest BCUT2D eigenvalue weighted by Gasteiger charge is 2.17. The van der Waals surface area contributed by atoms with Gasteiger partial charge >= 0.3 is 0 Å². The molecule has 3 rings (SSSR count). The van der Waals surface area contributed by atoms with Gasteiger partial charge in [-0.25, -0.2) is 0 Å². The van der Waals surface area contributed by atoms with Gasteiger partial charge in [-0.05, 0) is 24.7 Å². The summed E-state index contributed by atoms with van der Waals surface area (Å²) in [5, 5.41) is 3.21. The SMILES string of the molecule is CNCc1ccncc1N1CCOc2ccccc2C1. The predicted octanol–water partition coefficient (Wildman–Crippen LogP) is 2.20. The number of para-hydroxylation sites is 1. The van der Waals surface area contributed by atoms with E-state index < -0.39 is 0 Å². The van der Waals surface area contributed by atoms with Crippen LogP contribution in [0.15, 0.2) is 42.7 Å². The van der Waals surface area contributed by atoms with Crippen LogP contribution in [0.2, 0.25) is 0 Å². The van der Waals surface area contributed by atoms with Gasteiger partial charge < -0.3 is 15.0 Å². The Balaban J connectivity index is 1.91. The van der Waals surface area contributed by atoms with Crippen molar-refractivity contribution in [3.8, 4) is 5.75 Å². The molecule has 1 aromatic carbocycles. The van der Waals surface area contributed by atoms with Crippen LogP contribution in [0.3, 0.4) is 0 Å². The van der Waals surface area contributed by atoms with Gasteiger partial charge in [-0.15, -0.1) is 0 Å². The average Bonchev–Trinajstić information content (AvgIpc) is 2.70. The fraction of sp³-hybridized carbons (Fsp3) is 0.312. The minimum atomic E-state index is 0.699. The second-order valence-electron chi connectivity index (χ2n) is 4.91. The second-order valence-corrected chi connectivity index (χ2v) is 4.91. The third-order valence-electron chi connectivity index (χ3n) is 3.55. The molecule has 4 nitrogen and oxygen atoms in total. The van der Waals surface area contributed by atoms with Gasteiger partial charge in [0.1, 0.15) is 12.4 Å². The predicted molar refractivity (Wildman–Crippen MR) is 80.0 cm³/mol. The Morgan fingerprint density at radius 3 is 3.10 bits per heavy atom. The smallest absolute Gasteiger partial charge is 0.124 e. The molecule has 0 saturated heterocycles. The third kappa shape index (κ3) is 2.60. The lowest BCUT2D eigenvalue weighted by atomic mass is 10.1. The largest absolute Gasteiger partial charge is 0.491 e. The standard InChI is InChI=1S/C16H19N3O/c1-17-10-13-6-7-18-11-15(13)19-8-9-20-16-5-3-2-4-14(16)12-19/h2-7,11,17H,8-10,12H2,1H3. The minimum absolute atomic E-state index is 0.699. The lowest BCUT2D eigenvalue weighted by molar-refractivity contribution is 0.331. The summed E-state index contributed by atoms with van der Waals surface area (Å²) in [4.78, 5) is 6.62. The summed E-state index contributed by atoms with van der Waals surface area (Å²) in [6.45, 7) is 3.28. The molecule has 1 aromatic heterocycles. The van der Waals surface area contributed by atoms with Gasteiger partial charge in [-0.3, -0.25) is 4.98 Å². The zero-order valence-electron chi connectivity index (χ0n) is 11.7. The fourth-order valence-electron chi connectivity index (χ4n) is 2.57. The normalized spacial score (nSPS) is 14.3. The highest BCUT2D eigenvalue weighted by Crippen LogP contribution is 2.27. The van der Waals surface area contributed by atoms with Gasteiger partial charge in [0.05, 0.1) is 18.4 Å². The van der Waals surface area contributed by atoms with Crippen LogP contribution in [0.5, 0.6) is 5.75 Å². The number of hydrogen-bond donors (Lipinski definition) is 1. The number of benzene rings is 1. The van der Waals surface area contributed by atoms with Crippen molar-refractivity contribution in [1.82, 2.24) is 10.3 Å². The molecule has 104 valence electrons. The van der Waals surface area contributed by atoms with E-state index in [0.717, 1.165) is 25.4 Å². The summed E-state index contributed by atoms with van der Waals surface area (Å²) in [6, 6.07) is 10.3. The topological polar surface area (TPSA) is 37.4 Å². The van der Waals surface area contributed by atoms with Gasteiger partial charge in [0.15, 0.2) is 0 Å². The number of fused-ring (bicyclic) bond motifs is 1. The quantitative estimate of drug-likeness (QED) is 0.927. The number of nitrogens with one attached hydrogen (secondary N) is 1. The molecule has 2 heterocycles. The van der Waals surface area contributed by atoms with Crippen molar-refractivity contribution in [1.29, 1.82) is 0 Å². The van der Waals surface area contributed by atoms with Crippen LogP contribution in [0.1, 0.15) is 11.1 Å².